The zero-order valence-electron chi connectivity index (χ0n) is 13.8. The van der Waals surface area contributed by atoms with Crippen molar-refractivity contribution in [2.75, 3.05) is 6.61 Å². The first-order chi connectivity index (χ1) is 11.1. The molecule has 1 aromatic carbocycles. The van der Waals surface area contributed by atoms with Crippen molar-refractivity contribution >= 4 is 0 Å². The van der Waals surface area contributed by atoms with Crippen LogP contribution in [0, 0.1) is 19.7 Å². The van der Waals surface area contributed by atoms with Gasteiger partial charge < -0.3 is 5.11 Å². The third-order valence-corrected chi connectivity index (χ3v) is 4.54. The molecule has 1 aromatic heterocycles. The molecule has 0 saturated heterocycles. The highest BCUT2D eigenvalue weighted by atomic mass is 19.1. The van der Waals surface area contributed by atoms with Crippen molar-refractivity contribution in [1.29, 1.82) is 0 Å². The Bertz CT molecular complexity index is 679. The normalized spacial score (nSPS) is 14.7. The predicted octanol–water partition coefficient (Wildman–Crippen LogP) is 2.80. The Hall–Kier alpha value is -1.72. The molecular weight excluding hydrogens is 293 g/mol. The number of aromatic nitrogens is 2. The summed E-state index contributed by atoms with van der Waals surface area (Å²) in [5.74, 6) is -0.179. The van der Waals surface area contributed by atoms with Crippen LogP contribution in [0.5, 0.6) is 0 Å². The summed E-state index contributed by atoms with van der Waals surface area (Å²) in [5.41, 5.74) is 4.36. The van der Waals surface area contributed by atoms with Gasteiger partial charge in [0.2, 0.25) is 0 Å². The molecule has 1 aliphatic rings. The van der Waals surface area contributed by atoms with E-state index < -0.39 is 0 Å². The van der Waals surface area contributed by atoms with E-state index in [4.69, 9.17) is 5.11 Å². The first-order valence-electron chi connectivity index (χ1n) is 8.20. The molecule has 1 heterocycles. The number of nitrogens with zero attached hydrogens (tertiary/aromatic N) is 3. The molecule has 2 aromatic rings. The maximum atomic E-state index is 13.4. The molecule has 0 amide bonds. The van der Waals surface area contributed by atoms with Crippen LogP contribution < -0.4 is 0 Å². The number of aryl methyl sites for hydroxylation is 1. The van der Waals surface area contributed by atoms with E-state index in [0.717, 1.165) is 30.0 Å². The van der Waals surface area contributed by atoms with Gasteiger partial charge in [-0.3, -0.25) is 9.58 Å². The van der Waals surface area contributed by atoms with Crippen LogP contribution in [-0.2, 0) is 19.6 Å². The van der Waals surface area contributed by atoms with Gasteiger partial charge in [0.25, 0.3) is 0 Å². The molecule has 0 radical (unpaired) electrons. The molecule has 3 rings (SSSR count). The van der Waals surface area contributed by atoms with E-state index in [0.29, 0.717) is 12.6 Å². The van der Waals surface area contributed by atoms with Crippen LogP contribution in [0.15, 0.2) is 24.3 Å². The van der Waals surface area contributed by atoms with E-state index in [1.165, 1.54) is 24.5 Å². The van der Waals surface area contributed by atoms with Crippen LogP contribution in [0.4, 0.5) is 4.39 Å². The first-order valence-corrected chi connectivity index (χ1v) is 8.20. The van der Waals surface area contributed by atoms with Gasteiger partial charge in [-0.05, 0) is 44.4 Å². The van der Waals surface area contributed by atoms with Gasteiger partial charge >= 0.3 is 0 Å². The van der Waals surface area contributed by atoms with E-state index >= 15 is 0 Å². The Morgan fingerprint density at radius 2 is 2.09 bits per heavy atom. The lowest BCUT2D eigenvalue weighted by Gasteiger charge is -2.22. The molecule has 1 saturated carbocycles. The minimum Gasteiger partial charge on any atom is -0.394 e. The minimum atomic E-state index is -0.179. The summed E-state index contributed by atoms with van der Waals surface area (Å²) in [6.45, 7) is 6.27. The van der Waals surface area contributed by atoms with Crippen molar-refractivity contribution in [2.45, 2.75) is 52.4 Å². The van der Waals surface area contributed by atoms with Gasteiger partial charge in [0, 0.05) is 30.4 Å². The Labute approximate surface area is 136 Å². The maximum Gasteiger partial charge on any atom is 0.123 e. The quantitative estimate of drug-likeness (QED) is 0.854. The fourth-order valence-corrected chi connectivity index (χ4v) is 3.10. The number of benzene rings is 1. The van der Waals surface area contributed by atoms with E-state index in [1.807, 2.05) is 17.7 Å². The van der Waals surface area contributed by atoms with Gasteiger partial charge in [-0.1, -0.05) is 12.1 Å². The lowest BCUT2D eigenvalue weighted by atomic mass is 10.1. The Morgan fingerprint density at radius 3 is 2.74 bits per heavy atom. The zero-order valence-corrected chi connectivity index (χ0v) is 13.8. The molecule has 0 atom stereocenters. The van der Waals surface area contributed by atoms with Crippen molar-refractivity contribution in [1.82, 2.24) is 14.7 Å². The number of halogens is 1. The Balaban J connectivity index is 1.78. The summed E-state index contributed by atoms with van der Waals surface area (Å²) in [4.78, 5) is 2.41. The van der Waals surface area contributed by atoms with Crippen LogP contribution in [0.3, 0.4) is 0 Å². The SMILES string of the molecule is Cc1nn(CCO)c(C)c1CN(Cc1cccc(F)c1)C1CC1. The molecule has 1 aliphatic carbocycles. The molecule has 4 nitrogen and oxygen atoms in total. The summed E-state index contributed by atoms with van der Waals surface area (Å²) in [7, 11) is 0. The van der Waals surface area contributed by atoms with Gasteiger partial charge in [-0.2, -0.15) is 5.10 Å². The van der Waals surface area contributed by atoms with Crippen LogP contribution in [0.25, 0.3) is 0 Å². The molecule has 0 aliphatic heterocycles. The van der Waals surface area contributed by atoms with Gasteiger partial charge in [0.05, 0.1) is 18.8 Å². The molecule has 124 valence electrons. The van der Waals surface area contributed by atoms with Gasteiger partial charge in [-0.25, -0.2) is 4.39 Å². The average molecular weight is 317 g/mol. The van der Waals surface area contributed by atoms with E-state index in [2.05, 4.69) is 16.9 Å². The molecule has 0 unspecified atom stereocenters. The summed E-state index contributed by atoms with van der Waals surface area (Å²) in [5, 5.41) is 13.7. The number of aliphatic hydroxyl groups is 1. The number of rotatable bonds is 7. The van der Waals surface area contributed by atoms with Crippen molar-refractivity contribution in [3.05, 3.63) is 52.6 Å². The minimum absolute atomic E-state index is 0.0943. The van der Waals surface area contributed by atoms with Crippen LogP contribution in [0.1, 0.15) is 35.4 Å². The fourth-order valence-electron chi connectivity index (χ4n) is 3.10. The van der Waals surface area contributed by atoms with Crippen molar-refractivity contribution < 1.29 is 9.50 Å². The highest BCUT2D eigenvalue weighted by Gasteiger charge is 2.30. The fraction of sp³-hybridized carbons (Fsp3) is 0.500. The molecule has 5 heteroatoms. The predicted molar refractivity (Wildman–Crippen MR) is 87.5 cm³/mol. The van der Waals surface area contributed by atoms with Gasteiger partial charge in [-0.15, -0.1) is 0 Å². The van der Waals surface area contributed by atoms with Crippen LogP contribution in [0.2, 0.25) is 0 Å². The second kappa shape index (κ2) is 6.81. The zero-order chi connectivity index (χ0) is 16.4. The largest absolute Gasteiger partial charge is 0.394 e. The highest BCUT2D eigenvalue weighted by molar-refractivity contribution is 5.25. The van der Waals surface area contributed by atoms with Crippen LogP contribution in [-0.4, -0.2) is 32.4 Å². The van der Waals surface area contributed by atoms with Gasteiger partial charge in [0.1, 0.15) is 5.82 Å². The first kappa shape index (κ1) is 16.1. The van der Waals surface area contributed by atoms with Crippen molar-refractivity contribution in [2.24, 2.45) is 0 Å². The third kappa shape index (κ3) is 3.79. The Kier molecular flexibility index (Phi) is 4.78. The van der Waals surface area contributed by atoms with E-state index in [-0.39, 0.29) is 12.4 Å². The summed E-state index contributed by atoms with van der Waals surface area (Å²) in [6, 6.07) is 7.43. The monoisotopic (exact) mass is 317 g/mol. The molecule has 1 N–H and O–H groups in total. The van der Waals surface area contributed by atoms with E-state index in [1.54, 1.807) is 12.1 Å². The molecule has 1 fully saturated rings. The second-order valence-corrected chi connectivity index (χ2v) is 6.36. The topological polar surface area (TPSA) is 41.3 Å². The lowest BCUT2D eigenvalue weighted by molar-refractivity contribution is 0.244. The molecule has 0 bridgehead atoms. The Morgan fingerprint density at radius 1 is 1.30 bits per heavy atom. The summed E-state index contributed by atoms with van der Waals surface area (Å²) >= 11 is 0. The maximum absolute atomic E-state index is 13.4. The molecular formula is C18H24FN3O. The lowest BCUT2D eigenvalue weighted by Crippen LogP contribution is -2.25. The smallest absolute Gasteiger partial charge is 0.123 e. The average Bonchev–Trinajstić information content (AvgIpc) is 3.31. The number of aliphatic hydroxyl groups excluding tert-OH is 1. The molecule has 23 heavy (non-hydrogen) atoms. The second-order valence-electron chi connectivity index (χ2n) is 6.36. The van der Waals surface area contributed by atoms with E-state index in [9.17, 15) is 4.39 Å². The molecule has 0 spiro atoms. The van der Waals surface area contributed by atoms with Gasteiger partial charge in [0.15, 0.2) is 0 Å². The number of hydrogen-bond donors (Lipinski definition) is 1. The van der Waals surface area contributed by atoms with Crippen molar-refractivity contribution in [3.8, 4) is 0 Å². The number of hydrogen-bond acceptors (Lipinski definition) is 3. The standard InChI is InChI=1S/C18H24FN3O/c1-13-18(14(2)22(20-13)8-9-23)12-21(17-6-7-17)11-15-4-3-5-16(19)10-15/h3-5,10,17,23H,6-9,11-12H2,1-2H3. The third-order valence-electron chi connectivity index (χ3n) is 4.54. The van der Waals surface area contributed by atoms with Crippen molar-refractivity contribution in [3.63, 3.8) is 0 Å². The highest BCUT2D eigenvalue weighted by Crippen LogP contribution is 2.31. The summed E-state index contributed by atoms with van der Waals surface area (Å²) in [6.07, 6.45) is 2.41. The van der Waals surface area contributed by atoms with Crippen LogP contribution >= 0.6 is 0 Å². The summed E-state index contributed by atoms with van der Waals surface area (Å²) < 4.78 is 15.3.